The Bertz CT molecular complexity index is 1000. The highest BCUT2D eigenvalue weighted by Gasteiger charge is 2.22. The average Bonchev–Trinajstić information content (AvgIpc) is 3.09. The highest BCUT2D eigenvalue weighted by Crippen LogP contribution is 2.30. The summed E-state index contributed by atoms with van der Waals surface area (Å²) in [6.07, 6.45) is 5.74. The second-order valence-electron chi connectivity index (χ2n) is 7.19. The fourth-order valence-corrected chi connectivity index (χ4v) is 3.83. The second kappa shape index (κ2) is 9.88. The van der Waals surface area contributed by atoms with E-state index in [0.29, 0.717) is 34.3 Å². The van der Waals surface area contributed by atoms with Crippen LogP contribution in [0.5, 0.6) is 0 Å². The first-order valence-corrected chi connectivity index (χ1v) is 11.2. The summed E-state index contributed by atoms with van der Waals surface area (Å²) in [7, 11) is 0. The molecule has 0 aliphatic heterocycles. The third-order valence-electron chi connectivity index (χ3n) is 5.06. The van der Waals surface area contributed by atoms with Crippen molar-refractivity contribution in [2.45, 2.75) is 45.4 Å². The van der Waals surface area contributed by atoms with Gasteiger partial charge in [0.1, 0.15) is 11.3 Å². The number of aromatic carboxylic acids is 1. The number of carboxylic acid groups (broad SMARTS) is 1. The minimum absolute atomic E-state index is 0.121. The van der Waals surface area contributed by atoms with Gasteiger partial charge < -0.3 is 9.52 Å². The molecule has 0 unspecified atom stereocenters. The fourth-order valence-electron chi connectivity index (χ4n) is 3.43. The Hall–Kier alpha value is -2.40. The number of carbonyl (C=O) groups excluding carboxylic acids is 1. The van der Waals surface area contributed by atoms with Crippen molar-refractivity contribution < 1.29 is 19.1 Å². The molecule has 1 heterocycles. The van der Waals surface area contributed by atoms with E-state index in [-0.39, 0.29) is 11.3 Å². The quantitative estimate of drug-likeness (QED) is 0.217. The third-order valence-corrected chi connectivity index (χ3v) is 5.62. The molecular formula is C24H25BrO4. The van der Waals surface area contributed by atoms with Crippen molar-refractivity contribution >= 4 is 38.7 Å². The molecule has 0 spiro atoms. The molecule has 3 aromatic rings. The molecule has 0 fully saturated rings. The van der Waals surface area contributed by atoms with Gasteiger partial charge in [0.05, 0.1) is 11.1 Å². The number of alkyl halides is 1. The van der Waals surface area contributed by atoms with Gasteiger partial charge >= 0.3 is 5.97 Å². The first-order valence-electron chi connectivity index (χ1n) is 10.0. The van der Waals surface area contributed by atoms with Gasteiger partial charge in [-0.2, -0.15) is 0 Å². The SMILES string of the molecule is CCCCc1oc2ccc(C(=O)O)cc2c1C(=O)c1ccc(CCCCBr)cc1. The highest BCUT2D eigenvalue weighted by atomic mass is 79.9. The maximum atomic E-state index is 13.3. The zero-order chi connectivity index (χ0) is 20.8. The molecule has 0 radical (unpaired) electrons. The minimum Gasteiger partial charge on any atom is -0.478 e. The van der Waals surface area contributed by atoms with Crippen LogP contribution in [0.25, 0.3) is 11.0 Å². The normalized spacial score (nSPS) is 11.1. The Morgan fingerprint density at radius 1 is 0.966 bits per heavy atom. The Labute approximate surface area is 179 Å². The minimum atomic E-state index is -1.02. The standard InChI is InChI=1S/C24H25BrO4/c1-2-3-7-21-22(19-15-18(24(27)28)12-13-20(19)29-21)23(26)17-10-8-16(9-11-17)6-4-5-14-25/h8-13,15H,2-7,14H2,1H3,(H,27,28). The summed E-state index contributed by atoms with van der Waals surface area (Å²) in [5.74, 6) is -0.505. The summed E-state index contributed by atoms with van der Waals surface area (Å²) in [6.45, 7) is 2.08. The van der Waals surface area contributed by atoms with E-state index >= 15 is 0 Å². The van der Waals surface area contributed by atoms with E-state index in [0.717, 1.165) is 37.4 Å². The van der Waals surface area contributed by atoms with Gasteiger partial charge in [-0.25, -0.2) is 4.79 Å². The molecule has 0 saturated heterocycles. The smallest absolute Gasteiger partial charge is 0.335 e. The number of fused-ring (bicyclic) bond motifs is 1. The molecule has 1 N–H and O–H groups in total. The zero-order valence-corrected chi connectivity index (χ0v) is 18.1. The summed E-state index contributed by atoms with van der Waals surface area (Å²) in [5, 5.41) is 10.9. The number of carboxylic acids is 1. The molecular weight excluding hydrogens is 432 g/mol. The first-order chi connectivity index (χ1) is 14.0. The van der Waals surface area contributed by atoms with Gasteiger partial charge in [0, 0.05) is 22.7 Å². The van der Waals surface area contributed by atoms with Crippen molar-refractivity contribution in [3.8, 4) is 0 Å². The van der Waals surface area contributed by atoms with Gasteiger partial charge in [-0.15, -0.1) is 0 Å². The van der Waals surface area contributed by atoms with E-state index in [1.165, 1.54) is 11.6 Å². The molecule has 0 saturated carbocycles. The van der Waals surface area contributed by atoms with Crippen LogP contribution in [0.15, 0.2) is 46.9 Å². The van der Waals surface area contributed by atoms with Gasteiger partial charge in [-0.3, -0.25) is 4.79 Å². The van der Waals surface area contributed by atoms with Crippen LogP contribution in [-0.2, 0) is 12.8 Å². The number of unbranched alkanes of at least 4 members (excludes halogenated alkanes) is 2. The Balaban J connectivity index is 1.98. The number of benzene rings is 2. The van der Waals surface area contributed by atoms with Crippen molar-refractivity contribution in [2.75, 3.05) is 5.33 Å². The van der Waals surface area contributed by atoms with Gasteiger partial charge in [0.15, 0.2) is 5.78 Å². The van der Waals surface area contributed by atoms with Crippen molar-refractivity contribution in [1.82, 2.24) is 0 Å². The van der Waals surface area contributed by atoms with Gasteiger partial charge in [-0.05, 0) is 49.4 Å². The summed E-state index contributed by atoms with van der Waals surface area (Å²) in [6, 6.07) is 12.4. The lowest BCUT2D eigenvalue weighted by molar-refractivity contribution is 0.0696. The number of aryl methyl sites for hydroxylation is 2. The molecule has 2 aromatic carbocycles. The highest BCUT2D eigenvalue weighted by molar-refractivity contribution is 9.09. The molecule has 29 heavy (non-hydrogen) atoms. The lowest BCUT2D eigenvalue weighted by Gasteiger charge is -2.05. The fraction of sp³-hybridized carbons (Fsp3) is 0.333. The molecule has 0 aliphatic rings. The average molecular weight is 457 g/mol. The van der Waals surface area contributed by atoms with Crippen LogP contribution >= 0.6 is 15.9 Å². The molecule has 0 amide bonds. The van der Waals surface area contributed by atoms with Crippen molar-refractivity contribution in [3.05, 3.63) is 70.5 Å². The first kappa shape index (κ1) is 21.3. The molecule has 3 rings (SSSR count). The number of hydrogen-bond donors (Lipinski definition) is 1. The Kier molecular flexibility index (Phi) is 7.26. The molecule has 0 bridgehead atoms. The van der Waals surface area contributed by atoms with Crippen LogP contribution < -0.4 is 0 Å². The predicted molar refractivity (Wildman–Crippen MR) is 118 cm³/mol. The third kappa shape index (κ3) is 4.96. The maximum Gasteiger partial charge on any atom is 0.335 e. The zero-order valence-electron chi connectivity index (χ0n) is 16.5. The summed E-state index contributed by atoms with van der Waals surface area (Å²) in [4.78, 5) is 24.7. The van der Waals surface area contributed by atoms with Crippen LogP contribution in [0.4, 0.5) is 0 Å². The largest absolute Gasteiger partial charge is 0.478 e. The van der Waals surface area contributed by atoms with E-state index in [9.17, 15) is 14.7 Å². The number of halogens is 1. The monoisotopic (exact) mass is 456 g/mol. The van der Waals surface area contributed by atoms with Gasteiger partial charge in [-0.1, -0.05) is 53.5 Å². The topological polar surface area (TPSA) is 67.5 Å². The van der Waals surface area contributed by atoms with E-state index in [1.54, 1.807) is 12.1 Å². The molecule has 1 aromatic heterocycles. The van der Waals surface area contributed by atoms with Gasteiger partial charge in [0.25, 0.3) is 0 Å². The van der Waals surface area contributed by atoms with E-state index in [4.69, 9.17) is 4.42 Å². The van der Waals surface area contributed by atoms with Gasteiger partial charge in [0.2, 0.25) is 0 Å². The number of carbonyl (C=O) groups is 2. The van der Waals surface area contributed by atoms with Crippen LogP contribution in [0.2, 0.25) is 0 Å². The van der Waals surface area contributed by atoms with Crippen LogP contribution in [-0.4, -0.2) is 22.2 Å². The molecule has 0 atom stereocenters. The number of ketones is 1. The summed E-state index contributed by atoms with van der Waals surface area (Å²) >= 11 is 3.44. The second-order valence-corrected chi connectivity index (χ2v) is 7.99. The summed E-state index contributed by atoms with van der Waals surface area (Å²) < 4.78 is 5.95. The molecule has 4 nitrogen and oxygen atoms in total. The Morgan fingerprint density at radius 2 is 1.69 bits per heavy atom. The number of furan rings is 1. The van der Waals surface area contributed by atoms with Crippen LogP contribution in [0.3, 0.4) is 0 Å². The number of rotatable bonds is 10. The van der Waals surface area contributed by atoms with Crippen LogP contribution in [0, 0.1) is 0 Å². The Morgan fingerprint density at radius 3 is 2.34 bits per heavy atom. The maximum absolute atomic E-state index is 13.3. The molecule has 152 valence electrons. The van der Waals surface area contributed by atoms with E-state index < -0.39 is 5.97 Å². The molecule has 0 aliphatic carbocycles. The van der Waals surface area contributed by atoms with Crippen LogP contribution in [0.1, 0.15) is 70.2 Å². The van der Waals surface area contributed by atoms with E-state index in [1.807, 2.05) is 24.3 Å². The van der Waals surface area contributed by atoms with Crippen molar-refractivity contribution in [2.24, 2.45) is 0 Å². The van der Waals surface area contributed by atoms with E-state index in [2.05, 4.69) is 22.9 Å². The predicted octanol–water partition coefficient (Wildman–Crippen LogP) is 6.42. The lowest BCUT2D eigenvalue weighted by Crippen LogP contribution is -2.05. The van der Waals surface area contributed by atoms with Crippen molar-refractivity contribution in [3.63, 3.8) is 0 Å². The molecule has 5 heteroatoms. The summed E-state index contributed by atoms with van der Waals surface area (Å²) in [5.41, 5.74) is 2.99. The number of hydrogen-bond acceptors (Lipinski definition) is 3. The van der Waals surface area contributed by atoms with Crippen molar-refractivity contribution in [1.29, 1.82) is 0 Å². The lowest BCUT2D eigenvalue weighted by atomic mass is 9.96.